The zero-order chi connectivity index (χ0) is 16.9. The van der Waals surface area contributed by atoms with Crippen LogP contribution in [0.1, 0.15) is 25.0 Å². The number of hydrogen-bond donors (Lipinski definition) is 2. The molecule has 0 fully saturated rings. The van der Waals surface area contributed by atoms with E-state index in [0.717, 1.165) is 11.1 Å². The van der Waals surface area contributed by atoms with Crippen LogP contribution in [0.25, 0.3) is 0 Å². The number of rotatable bonds is 6. The summed E-state index contributed by atoms with van der Waals surface area (Å²) < 4.78 is 18.2. The quantitative estimate of drug-likeness (QED) is 0.861. The van der Waals surface area contributed by atoms with Gasteiger partial charge >= 0.3 is 0 Å². The van der Waals surface area contributed by atoms with Crippen LogP contribution in [0.15, 0.2) is 48.5 Å². The fourth-order valence-electron chi connectivity index (χ4n) is 1.96. The predicted molar refractivity (Wildman–Crippen MR) is 85.4 cm³/mol. The van der Waals surface area contributed by atoms with Gasteiger partial charge in [-0.1, -0.05) is 24.3 Å². The number of halogens is 1. The van der Waals surface area contributed by atoms with Crippen molar-refractivity contribution in [2.45, 2.75) is 26.0 Å². The minimum atomic E-state index is -0.912. The van der Waals surface area contributed by atoms with Gasteiger partial charge in [-0.2, -0.15) is 0 Å². The van der Waals surface area contributed by atoms with Crippen molar-refractivity contribution >= 4 is 5.91 Å². The molecular formula is C18H20FNO3. The Kier molecular flexibility index (Phi) is 5.34. The van der Waals surface area contributed by atoms with E-state index >= 15 is 0 Å². The molecule has 4 nitrogen and oxygen atoms in total. The highest BCUT2D eigenvalue weighted by molar-refractivity contribution is 5.77. The molecule has 0 aliphatic carbocycles. The number of aliphatic hydroxyl groups is 1. The summed E-state index contributed by atoms with van der Waals surface area (Å²) in [5.41, 5.74) is 0.672. The second-order valence-electron chi connectivity index (χ2n) is 5.78. The van der Waals surface area contributed by atoms with Crippen LogP contribution in [0, 0.1) is 5.82 Å². The number of carbonyl (C=O) groups excluding carboxylic acids is 1. The lowest BCUT2D eigenvalue weighted by Crippen LogP contribution is -2.28. The first-order valence-corrected chi connectivity index (χ1v) is 7.31. The van der Waals surface area contributed by atoms with Crippen molar-refractivity contribution in [3.05, 3.63) is 65.5 Å². The first-order valence-electron chi connectivity index (χ1n) is 7.31. The lowest BCUT2D eigenvalue weighted by atomic mass is 9.99. The van der Waals surface area contributed by atoms with Gasteiger partial charge in [0.1, 0.15) is 11.6 Å². The van der Waals surface area contributed by atoms with E-state index < -0.39 is 5.60 Å². The number of amides is 1. The van der Waals surface area contributed by atoms with E-state index in [2.05, 4.69) is 5.32 Å². The Hall–Kier alpha value is -2.40. The molecule has 0 aromatic heterocycles. The van der Waals surface area contributed by atoms with Crippen molar-refractivity contribution in [2.75, 3.05) is 6.61 Å². The molecule has 0 heterocycles. The molecular weight excluding hydrogens is 297 g/mol. The van der Waals surface area contributed by atoms with Crippen molar-refractivity contribution in [3.63, 3.8) is 0 Å². The molecule has 1 amide bonds. The molecule has 0 saturated heterocycles. The zero-order valence-electron chi connectivity index (χ0n) is 13.2. The third-order valence-electron chi connectivity index (χ3n) is 3.33. The number of benzene rings is 2. The normalized spacial score (nSPS) is 11.1. The summed E-state index contributed by atoms with van der Waals surface area (Å²) in [5, 5.41) is 12.6. The fraction of sp³-hybridized carbons (Fsp3) is 0.278. The van der Waals surface area contributed by atoms with Gasteiger partial charge in [0, 0.05) is 6.54 Å². The van der Waals surface area contributed by atoms with Crippen molar-refractivity contribution < 1.29 is 19.0 Å². The SMILES string of the molecule is CC(C)(O)c1ccc(OCC(=O)NCc2ccc(F)cc2)cc1. The summed E-state index contributed by atoms with van der Waals surface area (Å²) in [6.45, 7) is 3.61. The maximum absolute atomic E-state index is 12.8. The molecule has 0 spiro atoms. The highest BCUT2D eigenvalue weighted by Gasteiger charge is 2.15. The van der Waals surface area contributed by atoms with Gasteiger partial charge in [-0.3, -0.25) is 4.79 Å². The molecule has 5 heteroatoms. The Morgan fingerprint density at radius 1 is 1.13 bits per heavy atom. The minimum absolute atomic E-state index is 0.108. The summed E-state index contributed by atoms with van der Waals surface area (Å²) in [4.78, 5) is 11.7. The van der Waals surface area contributed by atoms with E-state index in [1.54, 1.807) is 50.2 Å². The molecule has 23 heavy (non-hydrogen) atoms. The van der Waals surface area contributed by atoms with Gasteiger partial charge in [0.05, 0.1) is 5.60 Å². The van der Waals surface area contributed by atoms with Gasteiger partial charge in [0.15, 0.2) is 6.61 Å². The standard InChI is InChI=1S/C18H20FNO3/c1-18(2,22)14-5-9-16(10-6-14)23-12-17(21)20-11-13-3-7-15(19)8-4-13/h3-10,22H,11-12H2,1-2H3,(H,20,21). The molecule has 2 aromatic rings. The predicted octanol–water partition coefficient (Wildman–Crippen LogP) is 2.75. The van der Waals surface area contributed by atoms with Gasteiger partial charge in [-0.05, 0) is 49.2 Å². The average molecular weight is 317 g/mol. The lowest BCUT2D eigenvalue weighted by molar-refractivity contribution is -0.123. The molecule has 2 N–H and O–H groups in total. The molecule has 0 aliphatic heterocycles. The molecule has 0 radical (unpaired) electrons. The minimum Gasteiger partial charge on any atom is -0.484 e. The second kappa shape index (κ2) is 7.24. The smallest absolute Gasteiger partial charge is 0.258 e. The van der Waals surface area contributed by atoms with Gasteiger partial charge in [-0.25, -0.2) is 4.39 Å². The third-order valence-corrected chi connectivity index (χ3v) is 3.33. The van der Waals surface area contributed by atoms with E-state index in [-0.39, 0.29) is 18.3 Å². The first kappa shape index (κ1) is 17.0. The summed E-state index contributed by atoms with van der Waals surface area (Å²) >= 11 is 0. The molecule has 0 saturated carbocycles. The monoisotopic (exact) mass is 317 g/mol. The summed E-state index contributed by atoms with van der Waals surface area (Å²) in [6.07, 6.45) is 0. The second-order valence-corrected chi connectivity index (χ2v) is 5.78. The van der Waals surface area contributed by atoms with Crippen LogP contribution in [0.3, 0.4) is 0 Å². The van der Waals surface area contributed by atoms with Crippen molar-refractivity contribution in [1.29, 1.82) is 0 Å². The van der Waals surface area contributed by atoms with Crippen LogP contribution in [0.4, 0.5) is 4.39 Å². The Labute approximate surface area is 134 Å². The van der Waals surface area contributed by atoms with Crippen LogP contribution < -0.4 is 10.1 Å². The van der Waals surface area contributed by atoms with Crippen molar-refractivity contribution in [3.8, 4) is 5.75 Å². The van der Waals surface area contributed by atoms with Gasteiger partial charge in [0.25, 0.3) is 5.91 Å². The molecule has 2 rings (SSSR count). The number of nitrogens with one attached hydrogen (secondary N) is 1. The molecule has 2 aromatic carbocycles. The number of ether oxygens (including phenoxy) is 1. The van der Waals surface area contributed by atoms with Crippen LogP contribution in [-0.2, 0) is 16.9 Å². The van der Waals surface area contributed by atoms with Crippen LogP contribution in [0.2, 0.25) is 0 Å². The topological polar surface area (TPSA) is 58.6 Å². The molecule has 0 aliphatic rings. The Bertz CT molecular complexity index is 645. The Balaban J connectivity index is 1.79. The van der Waals surface area contributed by atoms with E-state index in [1.165, 1.54) is 12.1 Å². The maximum Gasteiger partial charge on any atom is 0.258 e. The summed E-state index contributed by atoms with van der Waals surface area (Å²) in [7, 11) is 0. The maximum atomic E-state index is 12.8. The number of carbonyl (C=O) groups is 1. The third kappa shape index (κ3) is 5.38. The summed E-state index contributed by atoms with van der Waals surface area (Å²) in [6, 6.07) is 12.9. The lowest BCUT2D eigenvalue weighted by Gasteiger charge is -2.17. The van der Waals surface area contributed by atoms with E-state index in [1.807, 2.05) is 0 Å². The Morgan fingerprint density at radius 2 is 1.74 bits per heavy atom. The molecule has 122 valence electrons. The largest absolute Gasteiger partial charge is 0.484 e. The van der Waals surface area contributed by atoms with E-state index in [4.69, 9.17) is 4.74 Å². The van der Waals surface area contributed by atoms with Crippen LogP contribution in [-0.4, -0.2) is 17.6 Å². The summed E-state index contributed by atoms with van der Waals surface area (Å²) in [5.74, 6) is -0.0197. The number of hydrogen-bond acceptors (Lipinski definition) is 3. The fourth-order valence-corrected chi connectivity index (χ4v) is 1.96. The van der Waals surface area contributed by atoms with Crippen LogP contribution >= 0.6 is 0 Å². The first-order chi connectivity index (χ1) is 10.8. The van der Waals surface area contributed by atoms with Crippen molar-refractivity contribution in [1.82, 2.24) is 5.32 Å². The molecule has 0 bridgehead atoms. The van der Waals surface area contributed by atoms with Gasteiger partial charge < -0.3 is 15.2 Å². The molecule has 0 atom stereocenters. The highest BCUT2D eigenvalue weighted by Crippen LogP contribution is 2.22. The van der Waals surface area contributed by atoms with Gasteiger partial charge in [0.2, 0.25) is 0 Å². The van der Waals surface area contributed by atoms with Crippen molar-refractivity contribution in [2.24, 2.45) is 0 Å². The van der Waals surface area contributed by atoms with Crippen LogP contribution in [0.5, 0.6) is 5.75 Å². The van der Waals surface area contributed by atoms with Gasteiger partial charge in [-0.15, -0.1) is 0 Å². The Morgan fingerprint density at radius 3 is 2.30 bits per heavy atom. The molecule has 0 unspecified atom stereocenters. The zero-order valence-corrected chi connectivity index (χ0v) is 13.2. The highest BCUT2D eigenvalue weighted by atomic mass is 19.1. The van der Waals surface area contributed by atoms with E-state index in [9.17, 15) is 14.3 Å². The van der Waals surface area contributed by atoms with E-state index in [0.29, 0.717) is 12.3 Å². The average Bonchev–Trinajstić information content (AvgIpc) is 2.52.